The first kappa shape index (κ1) is 14.0. The van der Waals surface area contributed by atoms with Crippen molar-refractivity contribution in [3.63, 3.8) is 0 Å². The molecule has 1 aromatic carbocycles. The Kier molecular flexibility index (Phi) is 4.20. The van der Waals surface area contributed by atoms with Crippen LogP contribution in [-0.4, -0.2) is 17.1 Å². The van der Waals surface area contributed by atoms with E-state index < -0.39 is 17.3 Å². The van der Waals surface area contributed by atoms with Crippen LogP contribution in [0.15, 0.2) is 24.3 Å². The number of halogens is 1. The normalized spacial score (nSPS) is 19.9. The zero-order valence-electron chi connectivity index (χ0n) is 11.2. The molecular formula is C15H20FNO2. The van der Waals surface area contributed by atoms with E-state index in [1.807, 2.05) is 0 Å². The molecule has 1 aliphatic carbocycles. The summed E-state index contributed by atoms with van der Waals surface area (Å²) in [7, 11) is 0. The molecule has 19 heavy (non-hydrogen) atoms. The average molecular weight is 265 g/mol. The molecule has 2 rings (SSSR count). The van der Waals surface area contributed by atoms with Crippen LogP contribution in [0, 0.1) is 5.82 Å². The minimum absolute atomic E-state index is 0.148. The van der Waals surface area contributed by atoms with E-state index in [0.29, 0.717) is 0 Å². The Morgan fingerprint density at radius 3 is 2.53 bits per heavy atom. The molecule has 0 spiro atoms. The third-order valence-corrected chi connectivity index (χ3v) is 3.94. The fourth-order valence-electron chi connectivity index (χ4n) is 2.78. The highest BCUT2D eigenvalue weighted by atomic mass is 19.1. The molecule has 1 saturated carbocycles. The molecule has 0 radical (unpaired) electrons. The Bertz CT molecular complexity index is 457. The zero-order valence-corrected chi connectivity index (χ0v) is 11.2. The van der Waals surface area contributed by atoms with Gasteiger partial charge in [-0.05, 0) is 25.8 Å². The number of nitrogens with one attached hydrogen (secondary N) is 1. The maximum atomic E-state index is 13.9. The second-order valence-electron chi connectivity index (χ2n) is 5.39. The van der Waals surface area contributed by atoms with Gasteiger partial charge in [-0.25, -0.2) is 9.18 Å². The van der Waals surface area contributed by atoms with Crippen LogP contribution in [0.4, 0.5) is 4.39 Å². The van der Waals surface area contributed by atoms with E-state index in [-0.39, 0.29) is 11.6 Å². The Balaban J connectivity index is 2.27. The Hall–Kier alpha value is -1.42. The molecular weight excluding hydrogens is 245 g/mol. The minimum Gasteiger partial charge on any atom is -0.480 e. The van der Waals surface area contributed by atoms with Gasteiger partial charge in [0.2, 0.25) is 0 Å². The summed E-state index contributed by atoms with van der Waals surface area (Å²) in [4.78, 5) is 11.6. The number of hydrogen-bond acceptors (Lipinski definition) is 2. The summed E-state index contributed by atoms with van der Waals surface area (Å²) in [6, 6.07) is 6.23. The van der Waals surface area contributed by atoms with Crippen molar-refractivity contribution in [2.24, 2.45) is 0 Å². The highest BCUT2D eigenvalue weighted by Gasteiger charge is 2.39. The lowest BCUT2D eigenvalue weighted by Gasteiger charge is -2.34. The van der Waals surface area contributed by atoms with Crippen LogP contribution in [0.1, 0.15) is 44.6 Å². The van der Waals surface area contributed by atoms with Crippen LogP contribution in [0.25, 0.3) is 0 Å². The molecule has 0 aromatic heterocycles. The van der Waals surface area contributed by atoms with Gasteiger partial charge in [0.1, 0.15) is 11.4 Å². The number of hydrogen-bond donors (Lipinski definition) is 2. The minimum atomic E-state index is -1.37. The van der Waals surface area contributed by atoms with E-state index in [0.717, 1.165) is 25.7 Å². The molecule has 1 atom stereocenters. The highest BCUT2D eigenvalue weighted by Crippen LogP contribution is 2.28. The highest BCUT2D eigenvalue weighted by molar-refractivity contribution is 5.80. The molecule has 104 valence electrons. The van der Waals surface area contributed by atoms with Gasteiger partial charge < -0.3 is 5.11 Å². The third kappa shape index (κ3) is 2.95. The Morgan fingerprint density at radius 2 is 1.95 bits per heavy atom. The van der Waals surface area contributed by atoms with Crippen molar-refractivity contribution in [1.82, 2.24) is 5.32 Å². The predicted molar refractivity (Wildman–Crippen MR) is 71.4 cm³/mol. The van der Waals surface area contributed by atoms with Gasteiger partial charge in [0.25, 0.3) is 0 Å². The van der Waals surface area contributed by atoms with E-state index in [2.05, 4.69) is 5.32 Å². The van der Waals surface area contributed by atoms with Gasteiger partial charge >= 0.3 is 5.97 Å². The van der Waals surface area contributed by atoms with E-state index >= 15 is 0 Å². The summed E-state index contributed by atoms with van der Waals surface area (Å²) >= 11 is 0. The predicted octanol–water partition coefficient (Wildman–Crippen LogP) is 3.05. The molecule has 2 N–H and O–H groups in total. The summed E-state index contributed by atoms with van der Waals surface area (Å²) in [6.07, 6.45) is 5.31. The number of carboxylic acid groups (broad SMARTS) is 1. The van der Waals surface area contributed by atoms with E-state index in [1.54, 1.807) is 25.1 Å². The van der Waals surface area contributed by atoms with Crippen molar-refractivity contribution in [3.05, 3.63) is 35.6 Å². The lowest BCUT2D eigenvalue weighted by atomic mass is 9.87. The molecule has 3 nitrogen and oxygen atoms in total. The monoisotopic (exact) mass is 265 g/mol. The van der Waals surface area contributed by atoms with Crippen LogP contribution >= 0.6 is 0 Å². The molecule has 1 aromatic rings. The summed E-state index contributed by atoms with van der Waals surface area (Å²) in [5, 5.41) is 12.7. The topological polar surface area (TPSA) is 49.3 Å². The van der Waals surface area contributed by atoms with Gasteiger partial charge in [-0.15, -0.1) is 0 Å². The molecule has 1 unspecified atom stereocenters. The maximum Gasteiger partial charge on any atom is 0.328 e. The van der Waals surface area contributed by atoms with Crippen molar-refractivity contribution in [2.75, 3.05) is 0 Å². The molecule has 1 fully saturated rings. The fourth-order valence-corrected chi connectivity index (χ4v) is 2.78. The second-order valence-corrected chi connectivity index (χ2v) is 5.39. The van der Waals surface area contributed by atoms with Gasteiger partial charge in [-0.2, -0.15) is 0 Å². The van der Waals surface area contributed by atoms with E-state index in [1.165, 1.54) is 12.5 Å². The average Bonchev–Trinajstić information content (AvgIpc) is 2.40. The number of carboxylic acids is 1. The van der Waals surface area contributed by atoms with Gasteiger partial charge in [0.05, 0.1) is 0 Å². The fraction of sp³-hybridized carbons (Fsp3) is 0.533. The molecule has 1 aliphatic rings. The summed E-state index contributed by atoms with van der Waals surface area (Å²) in [6.45, 7) is 1.54. The van der Waals surface area contributed by atoms with Crippen LogP contribution in [0.3, 0.4) is 0 Å². The molecule has 4 heteroatoms. The van der Waals surface area contributed by atoms with Crippen LogP contribution in [-0.2, 0) is 10.3 Å². The zero-order chi connectivity index (χ0) is 13.9. The number of aliphatic carboxylic acids is 1. The largest absolute Gasteiger partial charge is 0.480 e. The lowest BCUT2D eigenvalue weighted by molar-refractivity contribution is -0.145. The van der Waals surface area contributed by atoms with Gasteiger partial charge in [-0.1, -0.05) is 37.5 Å². The number of benzene rings is 1. The van der Waals surface area contributed by atoms with Gasteiger partial charge in [0, 0.05) is 11.6 Å². The first-order chi connectivity index (χ1) is 9.04. The van der Waals surface area contributed by atoms with Crippen molar-refractivity contribution in [1.29, 1.82) is 0 Å². The third-order valence-electron chi connectivity index (χ3n) is 3.94. The summed E-state index contributed by atoms with van der Waals surface area (Å²) in [5.74, 6) is -1.51. The first-order valence-electron chi connectivity index (χ1n) is 6.80. The summed E-state index contributed by atoms with van der Waals surface area (Å²) < 4.78 is 13.9. The van der Waals surface area contributed by atoms with Crippen LogP contribution in [0.5, 0.6) is 0 Å². The quantitative estimate of drug-likeness (QED) is 0.879. The van der Waals surface area contributed by atoms with Crippen molar-refractivity contribution in [2.45, 2.75) is 50.6 Å². The second kappa shape index (κ2) is 5.70. The van der Waals surface area contributed by atoms with Crippen molar-refractivity contribution in [3.8, 4) is 0 Å². The summed E-state index contributed by atoms with van der Waals surface area (Å²) in [5.41, 5.74) is -1.17. The lowest BCUT2D eigenvalue weighted by Crippen LogP contribution is -2.52. The van der Waals surface area contributed by atoms with E-state index in [9.17, 15) is 14.3 Å². The van der Waals surface area contributed by atoms with E-state index in [4.69, 9.17) is 0 Å². The molecule has 0 bridgehead atoms. The standard InChI is InChI=1S/C15H20FNO2/c1-15(14(18)19,12-9-5-6-10-13(12)16)17-11-7-3-2-4-8-11/h5-6,9-11,17H,2-4,7-8H2,1H3,(H,18,19). The number of rotatable bonds is 4. The maximum absolute atomic E-state index is 13.9. The van der Waals surface area contributed by atoms with Gasteiger partial charge in [-0.3, -0.25) is 5.32 Å². The van der Waals surface area contributed by atoms with Crippen molar-refractivity contribution < 1.29 is 14.3 Å². The Labute approximate surface area is 112 Å². The molecule has 0 amide bonds. The number of carbonyl (C=O) groups is 1. The molecule has 0 heterocycles. The van der Waals surface area contributed by atoms with Gasteiger partial charge in [0.15, 0.2) is 0 Å². The first-order valence-corrected chi connectivity index (χ1v) is 6.80. The smallest absolute Gasteiger partial charge is 0.328 e. The molecule has 0 saturated heterocycles. The Morgan fingerprint density at radius 1 is 1.32 bits per heavy atom. The SMILES string of the molecule is CC(NC1CCCCC1)(C(=O)O)c1ccccc1F. The van der Waals surface area contributed by atoms with Crippen LogP contribution in [0.2, 0.25) is 0 Å². The van der Waals surface area contributed by atoms with Crippen LogP contribution < -0.4 is 5.32 Å². The van der Waals surface area contributed by atoms with Crippen molar-refractivity contribution >= 4 is 5.97 Å². The molecule has 0 aliphatic heterocycles.